The van der Waals surface area contributed by atoms with Gasteiger partial charge >= 0.3 is 12.2 Å². The van der Waals surface area contributed by atoms with Crippen molar-refractivity contribution in [3.63, 3.8) is 0 Å². The number of amides is 4. The number of carbonyl (C=O) groups is 4. The molecule has 0 saturated carbocycles. The van der Waals surface area contributed by atoms with E-state index in [0.717, 1.165) is 22.3 Å². The Morgan fingerprint density at radius 1 is 0.735 bits per heavy atom. The van der Waals surface area contributed by atoms with Gasteiger partial charge < -0.3 is 49.2 Å². The van der Waals surface area contributed by atoms with E-state index >= 15 is 0 Å². The van der Waals surface area contributed by atoms with E-state index < -0.39 is 28.8 Å². The fourth-order valence-electron chi connectivity index (χ4n) is 8.96. The molecule has 4 N–H and O–H groups in total. The third kappa shape index (κ3) is 10.1. The van der Waals surface area contributed by atoms with Crippen LogP contribution in [0, 0.1) is 5.82 Å². The van der Waals surface area contributed by atoms with Gasteiger partial charge in [0.2, 0.25) is 0 Å². The molecule has 68 heavy (non-hydrogen) atoms. The lowest BCUT2D eigenvalue weighted by Crippen LogP contribution is -2.55. The number of hydrogen-bond acceptors (Lipinski definition) is 14. The fourth-order valence-corrected chi connectivity index (χ4v) is 9.38. The maximum Gasteiger partial charge on any atom is 0.410 e. The van der Waals surface area contributed by atoms with Crippen LogP contribution in [0.5, 0.6) is 11.5 Å². The minimum absolute atomic E-state index is 0.162. The summed E-state index contributed by atoms with van der Waals surface area (Å²) in [6.45, 7) is 21.4. The molecule has 3 aromatic carbocycles. The first-order valence-electron chi connectivity index (χ1n) is 22.8. The van der Waals surface area contributed by atoms with Crippen LogP contribution >= 0.6 is 15.9 Å². The van der Waals surface area contributed by atoms with Gasteiger partial charge in [0, 0.05) is 47.5 Å². The summed E-state index contributed by atoms with van der Waals surface area (Å²) in [6, 6.07) is 13.2. The molecule has 4 atom stereocenters. The molecular weight excluding hydrogens is 943 g/mol. The van der Waals surface area contributed by atoms with E-state index in [1.54, 1.807) is 41.0 Å². The number of amidine groups is 2. The van der Waals surface area contributed by atoms with Crippen LogP contribution in [-0.4, -0.2) is 119 Å². The number of nitrogens with one attached hydrogen (secondary N) is 4. The lowest BCUT2D eigenvalue weighted by Gasteiger charge is -2.39. The predicted octanol–water partition coefficient (Wildman–Crippen LogP) is 7.63. The van der Waals surface area contributed by atoms with E-state index in [-0.39, 0.29) is 42.0 Å². The van der Waals surface area contributed by atoms with Crippen LogP contribution in [0.25, 0.3) is 11.1 Å². The Morgan fingerprint density at radius 3 is 1.68 bits per heavy atom. The highest BCUT2D eigenvalue weighted by atomic mass is 79.9. The van der Waals surface area contributed by atoms with Gasteiger partial charge in [0.1, 0.15) is 53.8 Å². The van der Waals surface area contributed by atoms with Crippen LogP contribution in [0.4, 0.5) is 36.7 Å². The third-order valence-electron chi connectivity index (χ3n) is 12.3. The second kappa shape index (κ2) is 18.0. The van der Waals surface area contributed by atoms with Gasteiger partial charge in [0.15, 0.2) is 11.7 Å². The number of halogens is 2. The molecule has 18 nitrogen and oxygen atoms in total. The summed E-state index contributed by atoms with van der Waals surface area (Å²) in [5, 5.41) is 15.5. The van der Waals surface area contributed by atoms with Gasteiger partial charge in [0.25, 0.3) is 11.8 Å². The zero-order valence-electron chi connectivity index (χ0n) is 40.1. The molecule has 4 unspecified atom stereocenters. The molecule has 2 fully saturated rings. The summed E-state index contributed by atoms with van der Waals surface area (Å²) in [7, 11) is 0. The van der Waals surface area contributed by atoms with Crippen LogP contribution in [0.1, 0.15) is 82.1 Å². The van der Waals surface area contributed by atoms with Crippen LogP contribution in [0.15, 0.2) is 63.2 Å². The van der Waals surface area contributed by atoms with Crippen LogP contribution in [0.3, 0.4) is 0 Å². The van der Waals surface area contributed by atoms with E-state index in [1.807, 2.05) is 83.4 Å². The summed E-state index contributed by atoms with van der Waals surface area (Å²) >= 11 is 3.63. The highest BCUT2D eigenvalue weighted by Gasteiger charge is 2.42. The van der Waals surface area contributed by atoms with Crippen molar-refractivity contribution in [1.29, 1.82) is 0 Å². The zero-order valence-corrected chi connectivity index (χ0v) is 41.7. The number of rotatable bonds is 5. The molecule has 0 radical (unpaired) electrons. The summed E-state index contributed by atoms with van der Waals surface area (Å²) in [6.07, 6.45) is 0.790. The van der Waals surface area contributed by atoms with Crippen molar-refractivity contribution in [3.8, 4) is 22.6 Å². The quantitative estimate of drug-likeness (QED) is 0.196. The van der Waals surface area contributed by atoms with E-state index in [4.69, 9.17) is 18.9 Å². The predicted molar refractivity (Wildman–Crippen MR) is 261 cm³/mol. The van der Waals surface area contributed by atoms with Crippen LogP contribution in [-0.2, 0) is 19.1 Å². The van der Waals surface area contributed by atoms with Crippen LogP contribution in [0.2, 0.25) is 0 Å². The minimum Gasteiger partial charge on any atom is -0.483 e. The number of carbonyl (C=O) groups excluding carboxylic acids is 4. The van der Waals surface area contributed by atoms with Gasteiger partial charge in [-0.2, -0.15) is 10.2 Å². The molecule has 0 spiro atoms. The monoisotopic (exact) mass is 1000 g/mol. The summed E-state index contributed by atoms with van der Waals surface area (Å²) < 4.78 is 38.7. The summed E-state index contributed by atoms with van der Waals surface area (Å²) in [4.78, 5) is 56.9. The molecule has 0 aromatic heterocycles. The van der Waals surface area contributed by atoms with E-state index in [0.29, 0.717) is 84.9 Å². The van der Waals surface area contributed by atoms with Crippen molar-refractivity contribution in [1.82, 2.24) is 20.7 Å². The smallest absolute Gasteiger partial charge is 0.410 e. The summed E-state index contributed by atoms with van der Waals surface area (Å²) in [5.41, 5.74) is 7.15. The lowest BCUT2D eigenvalue weighted by atomic mass is 9.96. The fraction of sp³-hybridized carbons (Fsp3) is 0.500. The van der Waals surface area contributed by atoms with E-state index in [1.165, 1.54) is 6.07 Å². The molecule has 4 amide bonds. The topological polar surface area (TPSA) is 191 Å². The van der Waals surface area contributed by atoms with Crippen molar-refractivity contribution < 1.29 is 42.5 Å². The largest absolute Gasteiger partial charge is 0.483 e. The molecular formula is C48H60BrFN10O8. The van der Waals surface area contributed by atoms with E-state index in [9.17, 15) is 23.6 Å². The first-order chi connectivity index (χ1) is 31.9. The van der Waals surface area contributed by atoms with Gasteiger partial charge in [-0.3, -0.25) is 9.59 Å². The highest BCUT2D eigenvalue weighted by molar-refractivity contribution is 9.10. The Morgan fingerprint density at radius 2 is 1.19 bits per heavy atom. The van der Waals surface area contributed by atoms with Crippen LogP contribution < -0.4 is 40.8 Å². The number of hydrogen-bond donors (Lipinski definition) is 4. The Kier molecular flexibility index (Phi) is 12.7. The number of likely N-dealkylation sites (tertiary alicyclic amines) is 2. The molecule has 3 aromatic rings. The van der Waals surface area contributed by atoms with Crippen molar-refractivity contribution >= 4 is 74.4 Å². The third-order valence-corrected chi connectivity index (χ3v) is 13.0. The molecule has 0 aliphatic carbocycles. The Hall–Kier alpha value is -6.31. The number of anilines is 4. The second-order valence-corrected chi connectivity index (χ2v) is 21.4. The number of hydrazone groups is 2. The Bertz CT molecular complexity index is 2600. The number of benzene rings is 3. The average Bonchev–Trinajstić information content (AvgIpc) is 3.85. The molecule has 9 rings (SSSR count). The van der Waals surface area contributed by atoms with Gasteiger partial charge in [0.05, 0.1) is 28.1 Å². The normalized spacial score (nSPS) is 23.9. The van der Waals surface area contributed by atoms with Crippen molar-refractivity contribution in [2.24, 2.45) is 10.2 Å². The van der Waals surface area contributed by atoms with Crippen molar-refractivity contribution in [2.75, 3.05) is 59.8 Å². The Labute approximate surface area is 404 Å². The SMILES string of the molecule is CC1C(=O)NN=C2COc3cc(-c4ccccc4F)c(NC4(C)CCN(C(=O)OC(C)(C)C)C4)cc3N21.CC1C(=O)NN=C2COc3cc(Br)c(NC4(C)CCN(C(=O)OC(C)(C)C)C4)cc3N21. The molecule has 20 heteroatoms. The number of nitrogens with zero attached hydrogens (tertiary/aromatic N) is 6. The maximum atomic E-state index is 15.0. The first-order valence-corrected chi connectivity index (χ1v) is 23.5. The van der Waals surface area contributed by atoms with Gasteiger partial charge in [-0.05, 0) is 128 Å². The first kappa shape index (κ1) is 48.2. The van der Waals surface area contributed by atoms with Gasteiger partial charge in [-0.25, -0.2) is 24.8 Å². The molecule has 6 aliphatic rings. The number of ether oxygens (including phenoxy) is 4. The summed E-state index contributed by atoms with van der Waals surface area (Å²) in [5.74, 6) is 1.73. The molecule has 6 heterocycles. The molecule has 6 aliphatic heterocycles. The standard InChI is InChI=1S/C27H32FN5O4.C21H28BrN5O4/c1-16-24(34)31-30-23-14-36-22-12-18(17-8-6-7-9-19(17)28)20(13-21(22)33(16)23)29-27(5)10-11-32(15-27)25(35)37-26(2,3)4;1-12-18(28)25-24-17-10-30-16-8-13(22)14(9-15(16)27(12)17)23-21(5)6-7-26(11-21)19(29)31-20(2,3)4/h6-9,12-13,16,29H,10-11,14-15H2,1-5H3,(H,31,34);8-9,12,23H,6-7,10-11H2,1-5H3,(H,25,28). The minimum atomic E-state index is -0.587. The van der Waals surface area contributed by atoms with E-state index in [2.05, 4.69) is 54.5 Å². The average molecular weight is 1000 g/mol. The zero-order chi connectivity index (χ0) is 49.1. The van der Waals surface area contributed by atoms with Crippen molar-refractivity contribution in [2.45, 2.75) is 116 Å². The lowest BCUT2D eigenvalue weighted by molar-refractivity contribution is -0.123. The van der Waals surface area contributed by atoms with Gasteiger partial charge in [-0.1, -0.05) is 18.2 Å². The maximum absolute atomic E-state index is 15.0. The highest BCUT2D eigenvalue weighted by Crippen LogP contribution is 2.45. The Balaban J connectivity index is 0.000000187. The van der Waals surface area contributed by atoms with Gasteiger partial charge in [-0.15, -0.1) is 0 Å². The molecule has 0 bridgehead atoms. The molecule has 364 valence electrons. The second-order valence-electron chi connectivity index (χ2n) is 20.5. The van der Waals surface area contributed by atoms with Crippen molar-refractivity contribution in [3.05, 3.63) is 58.8 Å². The number of fused-ring (bicyclic) bond motifs is 6. The molecule has 2 saturated heterocycles.